The molecular formula is C22H25F2N3O4S. The highest BCUT2D eigenvalue weighted by Gasteiger charge is 2.33. The molecule has 1 aliphatic carbocycles. The summed E-state index contributed by atoms with van der Waals surface area (Å²) in [5.74, 6) is 0.0673. The van der Waals surface area contributed by atoms with Crippen LogP contribution >= 0.6 is 11.3 Å². The van der Waals surface area contributed by atoms with Crippen molar-refractivity contribution in [2.75, 3.05) is 18.4 Å². The maximum Gasteiger partial charge on any atom is 0.387 e. The summed E-state index contributed by atoms with van der Waals surface area (Å²) in [5.41, 5.74) is 1.79. The van der Waals surface area contributed by atoms with Gasteiger partial charge in [-0.15, -0.1) is 11.3 Å². The average Bonchev–Trinajstić information content (AvgIpc) is 3.36. The standard InChI is InChI=1S/C22H25F2N3O4S/c1-12(2)30-18-7-14(5-6-17(18)31-21(23)24)15-8-20(29)27(9-15)10-19(28)26-22-25-16(11-32-22)13-3-4-13/h5-7,11-13,15,21H,3-4,8-10H2,1-2H3,(H,25,26,28)/t15-/m1/s1. The van der Waals surface area contributed by atoms with Gasteiger partial charge in [-0.25, -0.2) is 4.98 Å². The molecule has 2 fully saturated rings. The molecule has 1 saturated carbocycles. The fourth-order valence-corrected chi connectivity index (χ4v) is 4.52. The van der Waals surface area contributed by atoms with Gasteiger partial charge < -0.3 is 19.7 Å². The van der Waals surface area contributed by atoms with Crippen LogP contribution in [-0.4, -0.2) is 47.5 Å². The monoisotopic (exact) mass is 465 g/mol. The van der Waals surface area contributed by atoms with Gasteiger partial charge in [0.15, 0.2) is 16.6 Å². The molecule has 2 aliphatic rings. The Morgan fingerprint density at radius 3 is 2.72 bits per heavy atom. The van der Waals surface area contributed by atoms with Crippen LogP contribution in [0.2, 0.25) is 0 Å². The molecule has 1 aromatic carbocycles. The summed E-state index contributed by atoms with van der Waals surface area (Å²) >= 11 is 1.39. The van der Waals surface area contributed by atoms with E-state index in [-0.39, 0.29) is 48.3 Å². The molecule has 1 saturated heterocycles. The van der Waals surface area contributed by atoms with Crippen molar-refractivity contribution in [2.24, 2.45) is 0 Å². The molecule has 0 spiro atoms. The lowest BCUT2D eigenvalue weighted by molar-refractivity contribution is -0.131. The number of likely N-dealkylation sites (tertiary alicyclic amines) is 1. The first-order chi connectivity index (χ1) is 15.3. The second-order valence-electron chi connectivity index (χ2n) is 8.33. The topological polar surface area (TPSA) is 80.8 Å². The molecule has 2 amide bonds. The molecule has 0 bridgehead atoms. The quantitative estimate of drug-likeness (QED) is 0.595. The lowest BCUT2D eigenvalue weighted by atomic mass is 9.98. The Morgan fingerprint density at radius 2 is 2.03 bits per heavy atom. The molecule has 2 heterocycles. The molecule has 172 valence electrons. The van der Waals surface area contributed by atoms with Crippen LogP contribution in [0.3, 0.4) is 0 Å². The van der Waals surface area contributed by atoms with Crippen molar-refractivity contribution >= 4 is 28.3 Å². The minimum absolute atomic E-state index is 0.0491. The average molecular weight is 466 g/mol. The second kappa shape index (κ2) is 9.40. The van der Waals surface area contributed by atoms with Gasteiger partial charge in [-0.05, 0) is 44.4 Å². The molecule has 1 atom stereocenters. The van der Waals surface area contributed by atoms with Gasteiger partial charge in [-0.2, -0.15) is 8.78 Å². The number of carbonyl (C=O) groups excluding carboxylic acids is 2. The lowest BCUT2D eigenvalue weighted by Crippen LogP contribution is -2.34. The van der Waals surface area contributed by atoms with E-state index in [2.05, 4.69) is 15.0 Å². The minimum atomic E-state index is -2.96. The molecule has 4 rings (SSSR count). The zero-order valence-electron chi connectivity index (χ0n) is 17.8. The van der Waals surface area contributed by atoms with E-state index in [1.54, 1.807) is 26.0 Å². The van der Waals surface area contributed by atoms with Crippen LogP contribution in [0.25, 0.3) is 0 Å². The maximum absolute atomic E-state index is 12.7. The summed E-state index contributed by atoms with van der Waals surface area (Å²) < 4.78 is 35.6. The van der Waals surface area contributed by atoms with Gasteiger partial charge in [-0.3, -0.25) is 9.59 Å². The normalized spacial score (nSPS) is 18.5. The Kier molecular flexibility index (Phi) is 6.59. The summed E-state index contributed by atoms with van der Waals surface area (Å²) in [6.07, 6.45) is 2.27. The fraction of sp³-hybridized carbons (Fsp3) is 0.500. The highest BCUT2D eigenvalue weighted by Crippen LogP contribution is 2.41. The molecule has 1 N–H and O–H groups in total. The number of rotatable bonds is 9. The number of nitrogens with zero attached hydrogens (tertiary/aromatic N) is 2. The molecule has 1 aliphatic heterocycles. The van der Waals surface area contributed by atoms with Crippen molar-refractivity contribution in [2.45, 2.75) is 57.7 Å². The van der Waals surface area contributed by atoms with Crippen LogP contribution in [-0.2, 0) is 9.59 Å². The predicted octanol–water partition coefficient (Wildman–Crippen LogP) is 4.36. The molecule has 1 aromatic heterocycles. The number of hydrogen-bond acceptors (Lipinski definition) is 6. The SMILES string of the molecule is CC(C)Oc1cc([C@@H]2CC(=O)N(CC(=O)Nc3nc(C4CC4)cs3)C2)ccc1OC(F)F. The minimum Gasteiger partial charge on any atom is -0.487 e. The highest BCUT2D eigenvalue weighted by molar-refractivity contribution is 7.13. The Balaban J connectivity index is 1.39. The molecule has 10 heteroatoms. The van der Waals surface area contributed by atoms with E-state index in [4.69, 9.17) is 4.74 Å². The molecule has 0 unspecified atom stereocenters. The number of thiazole rings is 1. The van der Waals surface area contributed by atoms with E-state index in [0.717, 1.165) is 24.1 Å². The number of nitrogens with one attached hydrogen (secondary N) is 1. The van der Waals surface area contributed by atoms with E-state index in [9.17, 15) is 18.4 Å². The third-order valence-electron chi connectivity index (χ3n) is 5.33. The smallest absolute Gasteiger partial charge is 0.387 e. The van der Waals surface area contributed by atoms with Gasteiger partial charge in [0.05, 0.1) is 18.3 Å². The first-order valence-corrected chi connectivity index (χ1v) is 11.4. The summed E-state index contributed by atoms with van der Waals surface area (Å²) in [6.45, 7) is 0.905. The first-order valence-electron chi connectivity index (χ1n) is 10.6. The number of aromatic nitrogens is 1. The largest absolute Gasteiger partial charge is 0.487 e. The number of anilines is 1. The van der Waals surface area contributed by atoms with Crippen molar-refractivity contribution in [3.8, 4) is 11.5 Å². The number of benzene rings is 1. The lowest BCUT2D eigenvalue weighted by Gasteiger charge is -2.18. The molecular weight excluding hydrogens is 440 g/mol. The van der Waals surface area contributed by atoms with Crippen LogP contribution in [0.5, 0.6) is 11.5 Å². The summed E-state index contributed by atoms with van der Waals surface area (Å²) in [5, 5.41) is 5.28. The number of alkyl halides is 2. The number of amides is 2. The van der Waals surface area contributed by atoms with Gasteiger partial charge in [-0.1, -0.05) is 6.07 Å². The Hall–Kier alpha value is -2.75. The van der Waals surface area contributed by atoms with E-state index < -0.39 is 6.61 Å². The fourth-order valence-electron chi connectivity index (χ4n) is 3.71. The van der Waals surface area contributed by atoms with E-state index in [1.165, 1.54) is 22.3 Å². The summed E-state index contributed by atoms with van der Waals surface area (Å²) in [4.78, 5) is 30.9. The molecule has 32 heavy (non-hydrogen) atoms. The van der Waals surface area contributed by atoms with Crippen LogP contribution in [0.4, 0.5) is 13.9 Å². The van der Waals surface area contributed by atoms with Crippen molar-refractivity contribution in [1.29, 1.82) is 0 Å². The van der Waals surface area contributed by atoms with Crippen molar-refractivity contribution in [3.05, 3.63) is 34.8 Å². The van der Waals surface area contributed by atoms with Gasteiger partial charge in [0.2, 0.25) is 11.8 Å². The molecule has 0 radical (unpaired) electrons. The van der Waals surface area contributed by atoms with Crippen LogP contribution in [0.1, 0.15) is 56.2 Å². The van der Waals surface area contributed by atoms with Crippen molar-refractivity contribution < 1.29 is 27.8 Å². The third kappa shape index (κ3) is 5.53. The van der Waals surface area contributed by atoms with Crippen molar-refractivity contribution in [3.63, 3.8) is 0 Å². The Labute approximate surface area is 188 Å². The zero-order chi connectivity index (χ0) is 22.8. The second-order valence-corrected chi connectivity index (χ2v) is 9.18. The number of carbonyl (C=O) groups is 2. The van der Waals surface area contributed by atoms with Crippen LogP contribution < -0.4 is 14.8 Å². The Morgan fingerprint density at radius 1 is 1.25 bits per heavy atom. The maximum atomic E-state index is 12.7. The van der Waals surface area contributed by atoms with Crippen molar-refractivity contribution in [1.82, 2.24) is 9.88 Å². The van der Waals surface area contributed by atoms with E-state index in [0.29, 0.717) is 17.6 Å². The van der Waals surface area contributed by atoms with E-state index >= 15 is 0 Å². The van der Waals surface area contributed by atoms with Crippen LogP contribution in [0, 0.1) is 0 Å². The van der Waals surface area contributed by atoms with Gasteiger partial charge >= 0.3 is 6.61 Å². The van der Waals surface area contributed by atoms with Gasteiger partial charge in [0.1, 0.15) is 0 Å². The number of halogens is 2. The van der Waals surface area contributed by atoms with Gasteiger partial charge in [0.25, 0.3) is 0 Å². The number of ether oxygens (including phenoxy) is 2. The molecule has 7 nitrogen and oxygen atoms in total. The first kappa shape index (κ1) is 22.4. The Bertz CT molecular complexity index is 993. The summed E-state index contributed by atoms with van der Waals surface area (Å²) in [6, 6.07) is 4.72. The van der Waals surface area contributed by atoms with Crippen LogP contribution in [0.15, 0.2) is 23.6 Å². The summed E-state index contributed by atoms with van der Waals surface area (Å²) in [7, 11) is 0. The number of hydrogen-bond donors (Lipinski definition) is 1. The third-order valence-corrected chi connectivity index (χ3v) is 6.11. The van der Waals surface area contributed by atoms with Gasteiger partial charge in [0, 0.05) is 30.2 Å². The highest BCUT2D eigenvalue weighted by atomic mass is 32.1. The predicted molar refractivity (Wildman–Crippen MR) is 115 cm³/mol. The van der Waals surface area contributed by atoms with E-state index in [1.807, 2.05) is 5.38 Å². The molecule has 2 aromatic rings. The zero-order valence-corrected chi connectivity index (χ0v) is 18.7.